The van der Waals surface area contributed by atoms with Crippen LogP contribution in [0.15, 0.2) is 0 Å². The Labute approximate surface area is 96.8 Å². The van der Waals surface area contributed by atoms with E-state index >= 15 is 0 Å². The highest BCUT2D eigenvalue weighted by atomic mass is 35.5. The van der Waals surface area contributed by atoms with Crippen molar-refractivity contribution in [1.82, 2.24) is 14.8 Å². The van der Waals surface area contributed by atoms with E-state index < -0.39 is 0 Å². The minimum atomic E-state index is 0.148. The first-order chi connectivity index (χ1) is 6.75. The molecule has 0 aromatic carbocycles. The molecule has 1 rings (SSSR count). The van der Waals surface area contributed by atoms with E-state index in [-0.39, 0.29) is 11.5 Å². The van der Waals surface area contributed by atoms with Crippen LogP contribution in [0.5, 0.6) is 0 Å². The lowest BCUT2D eigenvalue weighted by atomic mass is 9.87. The zero-order chi connectivity index (χ0) is 11.8. The number of aromatic nitrogens is 3. The summed E-state index contributed by atoms with van der Waals surface area (Å²) in [4.78, 5) is 0. The summed E-state index contributed by atoms with van der Waals surface area (Å²) in [5.74, 6) is 1.30. The zero-order valence-corrected chi connectivity index (χ0v) is 11.1. The van der Waals surface area contributed by atoms with Gasteiger partial charge in [0.25, 0.3) is 0 Å². The third-order valence-electron chi connectivity index (χ3n) is 2.84. The molecule has 0 fully saturated rings. The molecule has 0 spiro atoms. The van der Waals surface area contributed by atoms with Gasteiger partial charge in [0.2, 0.25) is 5.28 Å². The van der Waals surface area contributed by atoms with Crippen molar-refractivity contribution in [3.05, 3.63) is 11.1 Å². The van der Waals surface area contributed by atoms with Gasteiger partial charge >= 0.3 is 0 Å². The Balaban J connectivity index is 3.18. The summed E-state index contributed by atoms with van der Waals surface area (Å²) in [6, 6.07) is 0.289. The average molecular weight is 230 g/mol. The van der Waals surface area contributed by atoms with Crippen molar-refractivity contribution in [2.75, 3.05) is 0 Å². The van der Waals surface area contributed by atoms with E-state index in [1.165, 1.54) is 0 Å². The molecule has 0 radical (unpaired) electrons. The highest BCUT2D eigenvalue weighted by Crippen LogP contribution is 2.34. The van der Waals surface area contributed by atoms with Crippen LogP contribution in [0.3, 0.4) is 0 Å². The van der Waals surface area contributed by atoms with Crippen LogP contribution in [-0.4, -0.2) is 14.8 Å². The van der Waals surface area contributed by atoms with Gasteiger partial charge in [-0.25, -0.2) is 0 Å². The summed E-state index contributed by atoms with van der Waals surface area (Å²) in [6.45, 7) is 12.9. The Morgan fingerprint density at radius 1 is 1.13 bits per heavy atom. The van der Waals surface area contributed by atoms with Crippen molar-refractivity contribution < 1.29 is 0 Å². The third kappa shape index (κ3) is 2.51. The lowest BCUT2D eigenvalue weighted by molar-refractivity contribution is 0.255. The monoisotopic (exact) mass is 229 g/mol. The van der Waals surface area contributed by atoms with Crippen LogP contribution in [0.2, 0.25) is 5.28 Å². The number of halogens is 1. The van der Waals surface area contributed by atoms with Crippen molar-refractivity contribution >= 4 is 11.6 Å². The van der Waals surface area contributed by atoms with E-state index in [0.29, 0.717) is 11.2 Å². The molecule has 1 unspecified atom stereocenters. The highest BCUT2D eigenvalue weighted by Gasteiger charge is 2.27. The second-order valence-corrected chi connectivity index (χ2v) is 5.73. The molecule has 86 valence electrons. The first kappa shape index (κ1) is 12.5. The Kier molecular flexibility index (Phi) is 3.44. The van der Waals surface area contributed by atoms with E-state index in [9.17, 15) is 0 Å². The van der Waals surface area contributed by atoms with Crippen LogP contribution < -0.4 is 0 Å². The van der Waals surface area contributed by atoms with Gasteiger partial charge in [-0.3, -0.25) is 4.57 Å². The van der Waals surface area contributed by atoms with Crippen LogP contribution in [-0.2, 0) is 0 Å². The summed E-state index contributed by atoms with van der Waals surface area (Å²) in [7, 11) is 0. The van der Waals surface area contributed by atoms with Gasteiger partial charge in [0, 0.05) is 12.0 Å². The topological polar surface area (TPSA) is 30.7 Å². The largest absolute Gasteiger partial charge is 0.298 e. The standard InChI is InChI=1S/C11H20ClN3/c1-7(2)9-13-14-10(12)15(9)8(3)11(4,5)6/h7-8H,1-6H3. The molecular weight excluding hydrogens is 210 g/mol. The number of hydrogen-bond donors (Lipinski definition) is 0. The van der Waals surface area contributed by atoms with Crippen LogP contribution in [0.1, 0.15) is 59.3 Å². The maximum atomic E-state index is 6.08. The first-order valence-electron chi connectivity index (χ1n) is 5.35. The van der Waals surface area contributed by atoms with Gasteiger partial charge in [-0.1, -0.05) is 34.6 Å². The molecule has 0 bridgehead atoms. The van der Waals surface area contributed by atoms with Gasteiger partial charge in [0.15, 0.2) is 0 Å². The Morgan fingerprint density at radius 2 is 1.67 bits per heavy atom. The summed E-state index contributed by atoms with van der Waals surface area (Å²) in [5.41, 5.74) is 0.148. The normalized spacial score (nSPS) is 14.7. The van der Waals surface area contributed by atoms with Crippen molar-refractivity contribution in [1.29, 1.82) is 0 Å². The molecule has 3 nitrogen and oxygen atoms in total. The van der Waals surface area contributed by atoms with Gasteiger partial charge in [-0.05, 0) is 23.9 Å². The minimum Gasteiger partial charge on any atom is -0.298 e. The molecule has 1 aromatic rings. The molecule has 0 aliphatic rings. The van der Waals surface area contributed by atoms with Gasteiger partial charge in [0.1, 0.15) is 5.82 Å². The average Bonchev–Trinajstić information content (AvgIpc) is 2.44. The molecule has 0 N–H and O–H groups in total. The fraction of sp³-hybridized carbons (Fsp3) is 0.818. The summed E-state index contributed by atoms with van der Waals surface area (Å²) in [6.07, 6.45) is 0. The number of rotatable bonds is 2. The summed E-state index contributed by atoms with van der Waals surface area (Å²) in [5, 5.41) is 8.57. The van der Waals surface area contributed by atoms with Crippen LogP contribution >= 0.6 is 11.6 Å². The van der Waals surface area contributed by atoms with E-state index in [2.05, 4.69) is 51.7 Å². The molecule has 0 saturated heterocycles. The SMILES string of the molecule is CC(C)c1nnc(Cl)n1C(C)C(C)(C)C. The predicted molar refractivity (Wildman–Crippen MR) is 63.3 cm³/mol. The lowest BCUT2D eigenvalue weighted by Gasteiger charge is -2.30. The summed E-state index contributed by atoms with van der Waals surface area (Å²) >= 11 is 6.08. The quantitative estimate of drug-likeness (QED) is 0.775. The van der Waals surface area contributed by atoms with E-state index in [4.69, 9.17) is 11.6 Å². The molecule has 1 aromatic heterocycles. The molecule has 0 aliphatic carbocycles. The molecular formula is C11H20ClN3. The van der Waals surface area contributed by atoms with Crippen molar-refractivity contribution in [3.8, 4) is 0 Å². The van der Waals surface area contributed by atoms with E-state index in [0.717, 1.165) is 5.82 Å². The molecule has 0 saturated carbocycles. The molecule has 1 atom stereocenters. The van der Waals surface area contributed by atoms with Crippen LogP contribution in [0.4, 0.5) is 0 Å². The van der Waals surface area contributed by atoms with Gasteiger partial charge < -0.3 is 0 Å². The smallest absolute Gasteiger partial charge is 0.225 e. The number of nitrogens with zero attached hydrogens (tertiary/aromatic N) is 3. The van der Waals surface area contributed by atoms with E-state index in [1.807, 2.05) is 4.57 Å². The first-order valence-corrected chi connectivity index (χ1v) is 5.73. The van der Waals surface area contributed by atoms with Crippen molar-refractivity contribution in [2.24, 2.45) is 5.41 Å². The molecule has 0 amide bonds. The Bertz CT molecular complexity index is 336. The summed E-state index contributed by atoms with van der Waals surface area (Å²) < 4.78 is 2.03. The maximum absolute atomic E-state index is 6.08. The Morgan fingerprint density at radius 3 is 2.07 bits per heavy atom. The Hall–Kier alpha value is -0.570. The fourth-order valence-electron chi connectivity index (χ4n) is 1.42. The van der Waals surface area contributed by atoms with Crippen molar-refractivity contribution in [3.63, 3.8) is 0 Å². The van der Waals surface area contributed by atoms with Crippen molar-refractivity contribution in [2.45, 2.75) is 53.5 Å². The van der Waals surface area contributed by atoms with Gasteiger partial charge in [-0.15, -0.1) is 10.2 Å². The molecule has 4 heteroatoms. The second kappa shape index (κ2) is 4.12. The molecule has 0 aliphatic heterocycles. The molecule has 15 heavy (non-hydrogen) atoms. The number of hydrogen-bond acceptors (Lipinski definition) is 2. The van der Waals surface area contributed by atoms with Crippen LogP contribution in [0, 0.1) is 5.41 Å². The third-order valence-corrected chi connectivity index (χ3v) is 3.10. The van der Waals surface area contributed by atoms with E-state index in [1.54, 1.807) is 0 Å². The second-order valence-electron chi connectivity index (χ2n) is 5.39. The van der Waals surface area contributed by atoms with Crippen LogP contribution in [0.25, 0.3) is 0 Å². The highest BCUT2D eigenvalue weighted by molar-refractivity contribution is 6.28. The van der Waals surface area contributed by atoms with Gasteiger partial charge in [0.05, 0.1) is 0 Å². The van der Waals surface area contributed by atoms with Gasteiger partial charge in [-0.2, -0.15) is 0 Å². The predicted octanol–water partition coefficient (Wildman–Crippen LogP) is 3.66. The molecule has 1 heterocycles. The lowest BCUT2D eigenvalue weighted by Crippen LogP contribution is -2.23. The minimum absolute atomic E-state index is 0.148. The maximum Gasteiger partial charge on any atom is 0.225 e. The fourth-order valence-corrected chi connectivity index (χ4v) is 1.69. The zero-order valence-electron chi connectivity index (χ0n) is 10.4.